The Hall–Kier alpha value is -3.63. The molecule has 32 heavy (non-hydrogen) atoms. The van der Waals surface area contributed by atoms with E-state index in [1.54, 1.807) is 41.1 Å². The van der Waals surface area contributed by atoms with Crippen LogP contribution in [0.3, 0.4) is 0 Å². The zero-order chi connectivity index (χ0) is 22.7. The number of aromatic nitrogens is 3. The molecule has 4 N–H and O–H groups in total. The smallest absolute Gasteiger partial charge is 0.226 e. The van der Waals surface area contributed by atoms with Crippen LogP contribution in [-0.2, 0) is 12.3 Å². The molecule has 0 saturated carbocycles. The minimum atomic E-state index is -0.535. The number of nitrogens with zero attached hydrogens (tertiary/aromatic N) is 3. The molecule has 0 spiro atoms. The number of rotatable bonds is 7. The summed E-state index contributed by atoms with van der Waals surface area (Å²) in [7, 11) is 0. The van der Waals surface area contributed by atoms with Crippen LogP contribution < -0.4 is 10.9 Å². The van der Waals surface area contributed by atoms with Crippen LogP contribution in [0.1, 0.15) is 11.3 Å². The van der Waals surface area contributed by atoms with Crippen LogP contribution in [0.5, 0.6) is 17.2 Å². The number of hydrogen-bond donors (Lipinski definition) is 4. The first kappa shape index (κ1) is 21.6. The van der Waals surface area contributed by atoms with Gasteiger partial charge in [0.15, 0.2) is 23.1 Å². The predicted octanol–water partition coefficient (Wildman–Crippen LogP) is 3.70. The van der Waals surface area contributed by atoms with Crippen molar-refractivity contribution in [1.82, 2.24) is 14.9 Å². The van der Waals surface area contributed by atoms with E-state index < -0.39 is 11.2 Å². The number of para-hydroxylation sites is 1. The van der Waals surface area contributed by atoms with E-state index in [1.807, 2.05) is 0 Å². The third-order valence-corrected chi connectivity index (χ3v) is 5.67. The predicted molar refractivity (Wildman–Crippen MR) is 120 cm³/mol. The van der Waals surface area contributed by atoms with E-state index >= 15 is 0 Å². The van der Waals surface area contributed by atoms with Crippen molar-refractivity contribution in [3.63, 3.8) is 0 Å². The van der Waals surface area contributed by atoms with E-state index in [0.29, 0.717) is 27.3 Å². The molecule has 0 amide bonds. The van der Waals surface area contributed by atoms with Gasteiger partial charge in [0.25, 0.3) is 0 Å². The molecular weight excluding hydrogens is 456 g/mol. The first-order chi connectivity index (χ1) is 15.4. The van der Waals surface area contributed by atoms with Gasteiger partial charge in [0, 0.05) is 22.2 Å². The highest BCUT2D eigenvalue weighted by molar-refractivity contribution is 7.98. The molecule has 2 aromatic carbocycles. The average Bonchev–Trinajstić information content (AvgIpc) is 3.19. The molecule has 0 atom stereocenters. The highest BCUT2D eigenvalue weighted by atomic mass is 35.5. The van der Waals surface area contributed by atoms with Crippen LogP contribution in [0.2, 0.25) is 5.02 Å². The highest BCUT2D eigenvalue weighted by Gasteiger charge is 2.16. The third kappa shape index (κ3) is 4.66. The first-order valence-corrected chi connectivity index (χ1v) is 10.7. The molecule has 0 saturated heterocycles. The number of halogens is 1. The van der Waals surface area contributed by atoms with Gasteiger partial charge in [-0.15, -0.1) is 10.2 Å². The molecule has 2 heterocycles. The monoisotopic (exact) mass is 472 g/mol. The van der Waals surface area contributed by atoms with Crippen molar-refractivity contribution < 1.29 is 19.7 Å². The average molecular weight is 473 g/mol. The summed E-state index contributed by atoms with van der Waals surface area (Å²) in [5, 5.41) is 38.7. The second-order valence-corrected chi connectivity index (χ2v) is 8.03. The fraction of sp³-hybridized carbons (Fsp3) is 0.0952. The van der Waals surface area contributed by atoms with E-state index in [1.165, 1.54) is 23.9 Å². The minimum absolute atomic E-state index is 0.167. The Bertz CT molecular complexity index is 1310. The van der Waals surface area contributed by atoms with Crippen LogP contribution in [0.4, 0.5) is 0 Å². The van der Waals surface area contributed by atoms with Gasteiger partial charge in [0.2, 0.25) is 10.6 Å². The molecule has 11 heteroatoms. The molecule has 0 bridgehead atoms. The largest absolute Gasteiger partial charge is 0.504 e. The number of benzene rings is 2. The molecule has 9 nitrogen and oxygen atoms in total. The maximum absolute atomic E-state index is 11.6. The number of nitrogens with one attached hydrogen (secondary N) is 1. The fourth-order valence-corrected chi connectivity index (χ4v) is 3.76. The van der Waals surface area contributed by atoms with Gasteiger partial charge in [-0.05, 0) is 30.3 Å². The lowest BCUT2D eigenvalue weighted by molar-refractivity contribution is 0.399. The lowest BCUT2D eigenvalue weighted by Gasteiger charge is -2.14. The lowest BCUT2D eigenvalue weighted by Crippen LogP contribution is -2.17. The van der Waals surface area contributed by atoms with Crippen LogP contribution in [-0.4, -0.2) is 30.2 Å². The van der Waals surface area contributed by atoms with Gasteiger partial charge in [0.1, 0.15) is 12.0 Å². The summed E-state index contributed by atoms with van der Waals surface area (Å²) >= 11 is 7.24. The van der Waals surface area contributed by atoms with Gasteiger partial charge >= 0.3 is 0 Å². The molecule has 0 unspecified atom stereocenters. The Labute approximate surface area is 190 Å². The van der Waals surface area contributed by atoms with Gasteiger partial charge in [-0.1, -0.05) is 35.5 Å². The fourth-order valence-electron chi connectivity index (χ4n) is 2.83. The number of thioether (sulfide) groups is 1. The molecule has 0 aliphatic rings. The zero-order valence-corrected chi connectivity index (χ0v) is 18.0. The van der Waals surface area contributed by atoms with Crippen LogP contribution in [0.25, 0.3) is 11.4 Å². The molecule has 0 radical (unpaired) electrons. The SMILES string of the molecule is O=c1cc(CSc2nnc(-c3ccc(Cl)cc3)n2NCc2cccc(O)c2O)occ1O. The van der Waals surface area contributed by atoms with E-state index in [-0.39, 0.29) is 23.8 Å². The second-order valence-electron chi connectivity index (χ2n) is 6.65. The van der Waals surface area contributed by atoms with Gasteiger partial charge in [-0.25, -0.2) is 4.68 Å². The zero-order valence-electron chi connectivity index (χ0n) is 16.4. The van der Waals surface area contributed by atoms with E-state index in [2.05, 4.69) is 15.6 Å². The number of phenolic OH excluding ortho intramolecular Hbond substituents is 2. The summed E-state index contributed by atoms with van der Waals surface area (Å²) in [6, 6.07) is 13.0. The molecule has 0 fully saturated rings. The normalized spacial score (nSPS) is 10.9. The van der Waals surface area contributed by atoms with Crippen molar-refractivity contribution in [2.24, 2.45) is 0 Å². The van der Waals surface area contributed by atoms with Gasteiger partial charge < -0.3 is 25.2 Å². The number of hydrogen-bond acceptors (Lipinski definition) is 9. The van der Waals surface area contributed by atoms with Gasteiger partial charge in [-0.2, -0.15) is 0 Å². The summed E-state index contributed by atoms with van der Waals surface area (Å²) in [6.45, 7) is 0.167. The standard InChI is InChI=1S/C21H17ClN4O5S/c22-14-6-4-12(5-7-14)20-24-25-21(32-11-15-8-17(28)18(29)10-31-15)26(20)23-9-13-2-1-3-16(27)19(13)30/h1-8,10,23,27,29-30H,9,11H2. The van der Waals surface area contributed by atoms with Crippen molar-refractivity contribution >= 4 is 23.4 Å². The van der Waals surface area contributed by atoms with Crippen molar-refractivity contribution in [1.29, 1.82) is 0 Å². The summed E-state index contributed by atoms with van der Waals surface area (Å²) in [4.78, 5) is 11.6. The molecule has 2 aromatic heterocycles. The van der Waals surface area contributed by atoms with Crippen LogP contribution in [0.15, 0.2) is 69.2 Å². The molecule has 4 aromatic rings. The van der Waals surface area contributed by atoms with Crippen molar-refractivity contribution in [3.05, 3.63) is 81.4 Å². The second kappa shape index (κ2) is 9.25. The van der Waals surface area contributed by atoms with E-state index in [0.717, 1.165) is 11.8 Å². The topological polar surface area (TPSA) is 134 Å². The van der Waals surface area contributed by atoms with Crippen molar-refractivity contribution in [3.8, 4) is 28.6 Å². The summed E-state index contributed by atoms with van der Waals surface area (Å²) in [5.41, 5.74) is 3.84. The molecule has 164 valence electrons. The van der Waals surface area contributed by atoms with Gasteiger partial charge in [-0.3, -0.25) is 4.79 Å². The summed E-state index contributed by atoms with van der Waals surface area (Å²) < 4.78 is 6.87. The Morgan fingerprint density at radius 2 is 1.84 bits per heavy atom. The molecule has 4 rings (SSSR count). The van der Waals surface area contributed by atoms with Crippen molar-refractivity contribution in [2.75, 3.05) is 5.43 Å². The summed E-state index contributed by atoms with van der Waals surface area (Å²) in [6.07, 6.45) is 0.991. The Morgan fingerprint density at radius 1 is 1.06 bits per heavy atom. The molecule has 0 aliphatic heterocycles. The molecule has 0 aliphatic carbocycles. The highest BCUT2D eigenvalue weighted by Crippen LogP contribution is 2.30. The summed E-state index contributed by atoms with van der Waals surface area (Å²) in [5.74, 6) is 0.207. The van der Waals surface area contributed by atoms with Crippen LogP contribution in [0, 0.1) is 0 Å². The first-order valence-electron chi connectivity index (χ1n) is 9.31. The maximum atomic E-state index is 11.6. The lowest BCUT2D eigenvalue weighted by atomic mass is 10.2. The van der Waals surface area contributed by atoms with Gasteiger partial charge in [0.05, 0.1) is 12.3 Å². The van der Waals surface area contributed by atoms with E-state index in [4.69, 9.17) is 16.0 Å². The number of phenols is 2. The maximum Gasteiger partial charge on any atom is 0.226 e. The number of aromatic hydroxyl groups is 3. The van der Waals surface area contributed by atoms with E-state index in [9.17, 15) is 20.1 Å². The Kier molecular flexibility index (Phi) is 6.24. The van der Waals surface area contributed by atoms with Crippen LogP contribution >= 0.6 is 23.4 Å². The third-order valence-electron chi connectivity index (χ3n) is 4.47. The molecular formula is C21H17ClN4O5S. The quantitative estimate of drug-likeness (QED) is 0.234. The minimum Gasteiger partial charge on any atom is -0.504 e. The van der Waals surface area contributed by atoms with Crippen molar-refractivity contribution in [2.45, 2.75) is 17.5 Å². The Morgan fingerprint density at radius 3 is 2.59 bits per heavy atom. The Balaban J connectivity index is 1.63.